The second kappa shape index (κ2) is 7.20. The fourth-order valence-electron chi connectivity index (χ4n) is 3.01. The molecule has 0 radical (unpaired) electrons. The van der Waals surface area contributed by atoms with E-state index < -0.39 is 11.2 Å². The Morgan fingerprint density at radius 3 is 2.32 bits per heavy atom. The van der Waals surface area contributed by atoms with Crippen LogP contribution in [0.1, 0.15) is 43.6 Å². The molecule has 2 N–H and O–H groups in total. The number of ketones is 1. The van der Waals surface area contributed by atoms with Crippen molar-refractivity contribution >= 4 is 45.5 Å². The number of hydrogen-bond donors (Lipinski definition) is 2. The Morgan fingerprint density at radius 1 is 1.14 bits per heavy atom. The number of nitrogens with zero attached hydrogens (tertiary/aromatic N) is 1. The van der Waals surface area contributed by atoms with Gasteiger partial charge in [-0.15, -0.1) is 4.91 Å². The standard InChI is InChI=1S/C21H20ClN3O3/c1-11(26)17-19(27)15-9-14(25-28)10-16(22)18(15)24-20(17)23-13-7-5-12(6-8-13)21(2,3)4/h5-10H,1-4H3,(H2,23,24,27). The van der Waals surface area contributed by atoms with Crippen molar-refractivity contribution in [2.75, 3.05) is 5.32 Å². The van der Waals surface area contributed by atoms with Crippen LogP contribution in [0.5, 0.6) is 0 Å². The maximum absolute atomic E-state index is 12.9. The number of pyridine rings is 1. The zero-order valence-corrected chi connectivity index (χ0v) is 16.8. The quantitative estimate of drug-likeness (QED) is 0.428. The summed E-state index contributed by atoms with van der Waals surface area (Å²) in [7, 11) is 0. The van der Waals surface area contributed by atoms with E-state index >= 15 is 0 Å². The summed E-state index contributed by atoms with van der Waals surface area (Å²) in [5, 5.41) is 6.24. The van der Waals surface area contributed by atoms with Gasteiger partial charge in [0, 0.05) is 5.69 Å². The van der Waals surface area contributed by atoms with Gasteiger partial charge in [0.05, 0.1) is 15.9 Å². The Labute approximate surface area is 166 Å². The van der Waals surface area contributed by atoms with Gasteiger partial charge in [-0.1, -0.05) is 44.5 Å². The van der Waals surface area contributed by atoms with Crippen LogP contribution in [0.15, 0.2) is 46.4 Å². The third-order valence-electron chi connectivity index (χ3n) is 4.52. The summed E-state index contributed by atoms with van der Waals surface area (Å²) in [4.78, 5) is 38.9. The van der Waals surface area contributed by atoms with Crippen LogP contribution in [0.4, 0.5) is 17.2 Å². The van der Waals surface area contributed by atoms with Crippen LogP contribution in [0.2, 0.25) is 5.02 Å². The summed E-state index contributed by atoms with van der Waals surface area (Å²) in [5.74, 6) is -0.153. The summed E-state index contributed by atoms with van der Waals surface area (Å²) in [6.07, 6.45) is 0. The highest BCUT2D eigenvalue weighted by atomic mass is 35.5. The van der Waals surface area contributed by atoms with Crippen LogP contribution >= 0.6 is 11.6 Å². The molecule has 6 nitrogen and oxygen atoms in total. The molecule has 3 aromatic rings. The number of carbonyl (C=O) groups excluding carboxylic acids is 1. The van der Waals surface area contributed by atoms with Gasteiger partial charge in [-0.3, -0.25) is 9.59 Å². The predicted molar refractivity (Wildman–Crippen MR) is 113 cm³/mol. The molecule has 2 aromatic carbocycles. The molecule has 0 aliphatic heterocycles. The van der Waals surface area contributed by atoms with Gasteiger partial charge in [0.15, 0.2) is 5.78 Å². The number of nitrogens with one attached hydrogen (secondary N) is 2. The molecule has 0 unspecified atom stereocenters. The summed E-state index contributed by atoms with van der Waals surface area (Å²) in [5.41, 5.74) is 1.70. The van der Waals surface area contributed by atoms with E-state index in [9.17, 15) is 14.5 Å². The number of carbonyl (C=O) groups is 1. The number of aromatic nitrogens is 1. The SMILES string of the molecule is CC(=O)c1c(Nc2ccc(C(C)(C)C)cc2)[nH]c2c(Cl)cc(N=O)cc2c1=O. The van der Waals surface area contributed by atoms with Crippen molar-refractivity contribution in [3.8, 4) is 0 Å². The lowest BCUT2D eigenvalue weighted by Crippen LogP contribution is -2.18. The van der Waals surface area contributed by atoms with Gasteiger partial charge in [0.2, 0.25) is 5.43 Å². The molecule has 0 amide bonds. The number of anilines is 2. The molecule has 0 atom stereocenters. The Balaban J connectivity index is 2.16. The second-order valence-electron chi connectivity index (χ2n) is 7.65. The fraction of sp³-hybridized carbons (Fsp3) is 0.238. The van der Waals surface area contributed by atoms with Crippen LogP contribution < -0.4 is 10.7 Å². The van der Waals surface area contributed by atoms with Crippen molar-refractivity contribution in [1.82, 2.24) is 4.98 Å². The summed E-state index contributed by atoms with van der Waals surface area (Å²) >= 11 is 6.21. The smallest absolute Gasteiger partial charge is 0.202 e. The molecule has 0 aliphatic carbocycles. The number of hydrogen-bond acceptors (Lipinski definition) is 5. The minimum absolute atomic E-state index is 0.0121. The zero-order valence-electron chi connectivity index (χ0n) is 16.0. The van der Waals surface area contributed by atoms with Crippen molar-refractivity contribution in [3.63, 3.8) is 0 Å². The molecular formula is C21H20ClN3O3. The van der Waals surface area contributed by atoms with E-state index in [4.69, 9.17) is 11.6 Å². The van der Waals surface area contributed by atoms with E-state index in [1.807, 2.05) is 24.3 Å². The van der Waals surface area contributed by atoms with Gasteiger partial charge < -0.3 is 10.3 Å². The number of halogens is 1. The lowest BCUT2D eigenvalue weighted by molar-refractivity contribution is 0.101. The topological polar surface area (TPSA) is 91.4 Å². The lowest BCUT2D eigenvalue weighted by Gasteiger charge is -2.19. The van der Waals surface area contributed by atoms with Crippen LogP contribution in [0.3, 0.4) is 0 Å². The number of nitroso groups, excluding NO2 is 1. The maximum atomic E-state index is 12.9. The van der Waals surface area contributed by atoms with Gasteiger partial charge >= 0.3 is 0 Å². The maximum Gasteiger partial charge on any atom is 0.202 e. The fourth-order valence-corrected chi connectivity index (χ4v) is 3.28. The van der Waals surface area contributed by atoms with Crippen LogP contribution in [0.25, 0.3) is 10.9 Å². The van der Waals surface area contributed by atoms with Crippen molar-refractivity contribution in [3.05, 3.63) is 67.7 Å². The highest BCUT2D eigenvalue weighted by molar-refractivity contribution is 6.35. The Hall–Kier alpha value is -2.99. The minimum Gasteiger partial charge on any atom is -0.341 e. The molecule has 0 bridgehead atoms. The van der Waals surface area contributed by atoms with Crippen molar-refractivity contribution in [1.29, 1.82) is 0 Å². The number of fused-ring (bicyclic) bond motifs is 1. The van der Waals surface area contributed by atoms with E-state index in [0.717, 1.165) is 5.56 Å². The summed E-state index contributed by atoms with van der Waals surface area (Å²) < 4.78 is 0. The number of Topliss-reactive ketones (excluding diaryl/α,β-unsaturated/α-hetero) is 1. The van der Waals surface area contributed by atoms with Crippen LogP contribution in [-0.4, -0.2) is 10.8 Å². The Kier molecular flexibility index (Phi) is 5.08. The molecule has 1 aromatic heterocycles. The van der Waals surface area contributed by atoms with Gasteiger partial charge in [-0.05, 0) is 47.3 Å². The van der Waals surface area contributed by atoms with E-state index in [1.54, 1.807) is 0 Å². The largest absolute Gasteiger partial charge is 0.341 e. The highest BCUT2D eigenvalue weighted by Gasteiger charge is 2.19. The second-order valence-corrected chi connectivity index (χ2v) is 8.06. The zero-order chi connectivity index (χ0) is 20.6. The van der Waals surface area contributed by atoms with Crippen molar-refractivity contribution in [2.45, 2.75) is 33.1 Å². The summed E-state index contributed by atoms with van der Waals surface area (Å²) in [6, 6.07) is 10.4. The first-order chi connectivity index (χ1) is 13.1. The Morgan fingerprint density at radius 2 is 1.79 bits per heavy atom. The first-order valence-corrected chi connectivity index (χ1v) is 9.11. The van der Waals surface area contributed by atoms with E-state index in [1.165, 1.54) is 19.1 Å². The van der Waals surface area contributed by atoms with E-state index in [0.29, 0.717) is 11.2 Å². The van der Waals surface area contributed by atoms with Gasteiger partial charge in [-0.25, -0.2) is 0 Å². The molecule has 0 spiro atoms. The number of benzene rings is 2. The number of rotatable bonds is 4. The van der Waals surface area contributed by atoms with Gasteiger partial charge in [0.25, 0.3) is 0 Å². The third-order valence-corrected chi connectivity index (χ3v) is 4.82. The monoisotopic (exact) mass is 397 g/mol. The van der Waals surface area contributed by atoms with Crippen LogP contribution in [-0.2, 0) is 5.41 Å². The van der Waals surface area contributed by atoms with Gasteiger partial charge in [0.1, 0.15) is 17.1 Å². The van der Waals surface area contributed by atoms with Crippen LogP contribution in [0, 0.1) is 4.91 Å². The Bertz CT molecular complexity index is 1140. The first kappa shape index (κ1) is 19.8. The third kappa shape index (κ3) is 3.68. The lowest BCUT2D eigenvalue weighted by atomic mass is 9.87. The molecule has 7 heteroatoms. The molecule has 144 valence electrons. The van der Waals surface area contributed by atoms with E-state index in [2.05, 4.69) is 36.2 Å². The molecule has 0 saturated heterocycles. The van der Waals surface area contributed by atoms with Gasteiger partial charge in [-0.2, -0.15) is 0 Å². The number of H-pyrrole nitrogens is 1. The average Bonchev–Trinajstić information content (AvgIpc) is 2.62. The molecule has 28 heavy (non-hydrogen) atoms. The molecule has 0 fully saturated rings. The first-order valence-electron chi connectivity index (χ1n) is 8.73. The summed E-state index contributed by atoms with van der Waals surface area (Å²) in [6.45, 7) is 7.67. The molecule has 0 aliphatic rings. The normalized spacial score (nSPS) is 11.5. The number of aromatic amines is 1. The molecular weight excluding hydrogens is 378 g/mol. The molecule has 1 heterocycles. The molecule has 3 rings (SSSR count). The van der Waals surface area contributed by atoms with E-state index in [-0.39, 0.29) is 32.9 Å². The molecule has 0 saturated carbocycles. The minimum atomic E-state index is -0.512. The predicted octanol–water partition coefficient (Wildman–Crippen LogP) is 5.82. The van der Waals surface area contributed by atoms with Crippen molar-refractivity contribution < 1.29 is 4.79 Å². The average molecular weight is 398 g/mol. The highest BCUT2D eigenvalue weighted by Crippen LogP contribution is 2.30. The van der Waals surface area contributed by atoms with Crippen molar-refractivity contribution in [2.24, 2.45) is 5.18 Å².